The minimum absolute atomic E-state index is 0.185. The standard InChI is InChI=1S/C20H26N2O/c1-17-9-7-8-12-19(17)15-20(23)22(14-13-21(2)3)16-18-10-5-4-6-11-18/h4-12H,13-16H2,1-3H3. The third-order valence-corrected chi connectivity index (χ3v) is 3.99. The van der Waals surface area contributed by atoms with E-state index in [1.54, 1.807) is 0 Å². The van der Waals surface area contributed by atoms with Gasteiger partial charge in [0.1, 0.15) is 0 Å². The highest BCUT2D eigenvalue weighted by molar-refractivity contribution is 5.79. The average Bonchev–Trinajstić information content (AvgIpc) is 2.54. The summed E-state index contributed by atoms with van der Waals surface area (Å²) in [5.41, 5.74) is 3.46. The van der Waals surface area contributed by atoms with Gasteiger partial charge < -0.3 is 9.80 Å². The largest absolute Gasteiger partial charge is 0.337 e. The zero-order chi connectivity index (χ0) is 16.7. The van der Waals surface area contributed by atoms with Crippen molar-refractivity contribution in [2.45, 2.75) is 19.9 Å². The number of carbonyl (C=O) groups is 1. The zero-order valence-electron chi connectivity index (χ0n) is 14.3. The molecule has 23 heavy (non-hydrogen) atoms. The van der Waals surface area contributed by atoms with Gasteiger partial charge in [0.25, 0.3) is 0 Å². The first-order valence-electron chi connectivity index (χ1n) is 8.07. The molecule has 122 valence electrons. The van der Waals surface area contributed by atoms with Gasteiger partial charge in [0.15, 0.2) is 0 Å². The molecule has 0 aliphatic carbocycles. The summed E-state index contributed by atoms with van der Waals surface area (Å²) < 4.78 is 0. The maximum absolute atomic E-state index is 12.8. The number of aryl methyl sites for hydroxylation is 1. The molecule has 0 heterocycles. The van der Waals surface area contributed by atoms with E-state index in [9.17, 15) is 4.79 Å². The molecular weight excluding hydrogens is 284 g/mol. The van der Waals surface area contributed by atoms with E-state index in [-0.39, 0.29) is 5.91 Å². The second kappa shape index (κ2) is 8.49. The van der Waals surface area contributed by atoms with Crippen LogP contribution in [0.2, 0.25) is 0 Å². The lowest BCUT2D eigenvalue weighted by Gasteiger charge is -2.25. The van der Waals surface area contributed by atoms with Crippen LogP contribution in [0, 0.1) is 6.92 Å². The predicted molar refractivity (Wildman–Crippen MR) is 95.3 cm³/mol. The average molecular weight is 310 g/mol. The summed E-state index contributed by atoms with van der Waals surface area (Å²) in [5.74, 6) is 0.185. The van der Waals surface area contributed by atoms with Gasteiger partial charge in [0.2, 0.25) is 5.91 Å². The molecule has 0 aromatic heterocycles. The Kier molecular flexibility index (Phi) is 6.36. The number of amides is 1. The molecule has 2 aromatic rings. The summed E-state index contributed by atoms with van der Waals surface area (Å²) in [6, 6.07) is 18.3. The Morgan fingerprint density at radius 2 is 1.57 bits per heavy atom. The van der Waals surface area contributed by atoms with E-state index >= 15 is 0 Å². The molecule has 3 heteroatoms. The molecule has 0 fully saturated rings. The van der Waals surface area contributed by atoms with Gasteiger partial charge in [-0.25, -0.2) is 0 Å². The normalized spacial score (nSPS) is 10.8. The highest BCUT2D eigenvalue weighted by Crippen LogP contribution is 2.11. The first kappa shape index (κ1) is 17.2. The van der Waals surface area contributed by atoms with Crippen molar-refractivity contribution in [1.82, 2.24) is 9.80 Å². The van der Waals surface area contributed by atoms with Crippen molar-refractivity contribution in [3.63, 3.8) is 0 Å². The molecule has 0 saturated carbocycles. The molecule has 0 unspecified atom stereocenters. The second-order valence-corrected chi connectivity index (χ2v) is 6.21. The maximum atomic E-state index is 12.8. The lowest BCUT2D eigenvalue weighted by molar-refractivity contribution is -0.131. The summed E-state index contributed by atoms with van der Waals surface area (Å²) in [5, 5.41) is 0. The number of nitrogens with zero attached hydrogens (tertiary/aromatic N) is 2. The molecule has 0 aliphatic heterocycles. The molecule has 0 atom stereocenters. The molecule has 1 amide bonds. The Morgan fingerprint density at radius 1 is 0.913 bits per heavy atom. The van der Waals surface area contributed by atoms with Crippen LogP contribution in [0.3, 0.4) is 0 Å². The van der Waals surface area contributed by atoms with Crippen molar-refractivity contribution in [3.8, 4) is 0 Å². The van der Waals surface area contributed by atoms with E-state index in [0.29, 0.717) is 13.0 Å². The van der Waals surface area contributed by atoms with Crippen LogP contribution in [-0.4, -0.2) is 42.9 Å². The topological polar surface area (TPSA) is 23.6 Å². The number of rotatable bonds is 7. The third kappa shape index (κ3) is 5.53. The molecular formula is C20H26N2O. The molecule has 2 rings (SSSR count). The molecule has 0 spiro atoms. The lowest BCUT2D eigenvalue weighted by atomic mass is 10.1. The van der Waals surface area contributed by atoms with Crippen molar-refractivity contribution in [2.24, 2.45) is 0 Å². The summed E-state index contributed by atoms with van der Waals surface area (Å²) in [6.45, 7) is 4.34. The van der Waals surface area contributed by atoms with Crippen LogP contribution in [0.1, 0.15) is 16.7 Å². The third-order valence-electron chi connectivity index (χ3n) is 3.99. The SMILES string of the molecule is Cc1ccccc1CC(=O)N(CCN(C)C)Cc1ccccc1. The van der Waals surface area contributed by atoms with Gasteiger partial charge in [-0.05, 0) is 37.7 Å². The van der Waals surface area contributed by atoms with E-state index in [2.05, 4.69) is 30.0 Å². The van der Waals surface area contributed by atoms with Gasteiger partial charge >= 0.3 is 0 Å². The number of carbonyl (C=O) groups excluding carboxylic acids is 1. The van der Waals surface area contributed by atoms with Crippen molar-refractivity contribution in [2.75, 3.05) is 27.2 Å². The second-order valence-electron chi connectivity index (χ2n) is 6.21. The van der Waals surface area contributed by atoms with Crippen molar-refractivity contribution < 1.29 is 4.79 Å². The molecule has 0 bridgehead atoms. The fraction of sp³-hybridized carbons (Fsp3) is 0.350. The maximum Gasteiger partial charge on any atom is 0.227 e. The highest BCUT2D eigenvalue weighted by Gasteiger charge is 2.15. The van der Waals surface area contributed by atoms with Crippen molar-refractivity contribution in [1.29, 1.82) is 0 Å². The van der Waals surface area contributed by atoms with Crippen LogP contribution in [0.5, 0.6) is 0 Å². The Bertz CT molecular complexity index is 623. The first-order valence-corrected chi connectivity index (χ1v) is 8.07. The van der Waals surface area contributed by atoms with Gasteiger partial charge in [-0.1, -0.05) is 54.6 Å². The smallest absolute Gasteiger partial charge is 0.227 e. The van der Waals surface area contributed by atoms with Gasteiger partial charge in [0, 0.05) is 19.6 Å². The minimum Gasteiger partial charge on any atom is -0.337 e. The zero-order valence-corrected chi connectivity index (χ0v) is 14.3. The van der Waals surface area contributed by atoms with Gasteiger partial charge in [0.05, 0.1) is 6.42 Å². The van der Waals surface area contributed by atoms with E-state index < -0.39 is 0 Å². The summed E-state index contributed by atoms with van der Waals surface area (Å²) in [6.07, 6.45) is 0.465. The molecule has 0 N–H and O–H groups in total. The fourth-order valence-corrected chi connectivity index (χ4v) is 2.50. The Labute approximate surface area is 139 Å². The van der Waals surface area contributed by atoms with Crippen molar-refractivity contribution in [3.05, 3.63) is 71.3 Å². The number of hydrogen-bond acceptors (Lipinski definition) is 2. The van der Waals surface area contributed by atoms with Crippen LogP contribution in [0.4, 0.5) is 0 Å². The number of likely N-dealkylation sites (N-methyl/N-ethyl adjacent to an activating group) is 1. The highest BCUT2D eigenvalue weighted by atomic mass is 16.2. The monoisotopic (exact) mass is 310 g/mol. The lowest BCUT2D eigenvalue weighted by Crippen LogP contribution is -2.37. The quantitative estimate of drug-likeness (QED) is 0.784. The van der Waals surface area contributed by atoms with Crippen LogP contribution >= 0.6 is 0 Å². The van der Waals surface area contributed by atoms with Crippen molar-refractivity contribution >= 4 is 5.91 Å². The van der Waals surface area contributed by atoms with Crippen LogP contribution in [0.25, 0.3) is 0 Å². The van der Waals surface area contributed by atoms with Crippen LogP contribution < -0.4 is 0 Å². The summed E-state index contributed by atoms with van der Waals surface area (Å²) >= 11 is 0. The molecule has 0 aliphatic rings. The van der Waals surface area contributed by atoms with Gasteiger partial charge in [-0.15, -0.1) is 0 Å². The first-order chi connectivity index (χ1) is 11.1. The Hall–Kier alpha value is -2.13. The number of hydrogen-bond donors (Lipinski definition) is 0. The van der Waals surface area contributed by atoms with Gasteiger partial charge in [-0.3, -0.25) is 4.79 Å². The predicted octanol–water partition coefficient (Wildman–Crippen LogP) is 3.13. The molecule has 0 radical (unpaired) electrons. The van der Waals surface area contributed by atoms with Crippen LogP contribution in [-0.2, 0) is 17.8 Å². The van der Waals surface area contributed by atoms with E-state index in [4.69, 9.17) is 0 Å². The van der Waals surface area contributed by atoms with E-state index in [1.165, 1.54) is 11.1 Å². The summed E-state index contributed by atoms with van der Waals surface area (Å²) in [7, 11) is 4.07. The summed E-state index contributed by atoms with van der Waals surface area (Å²) in [4.78, 5) is 16.9. The minimum atomic E-state index is 0.185. The Morgan fingerprint density at radius 3 is 2.22 bits per heavy atom. The molecule has 0 saturated heterocycles. The number of benzene rings is 2. The van der Waals surface area contributed by atoms with Crippen LogP contribution in [0.15, 0.2) is 54.6 Å². The Balaban J connectivity index is 2.09. The molecule has 2 aromatic carbocycles. The van der Waals surface area contributed by atoms with Gasteiger partial charge in [-0.2, -0.15) is 0 Å². The van der Waals surface area contributed by atoms with E-state index in [0.717, 1.165) is 18.7 Å². The van der Waals surface area contributed by atoms with E-state index in [1.807, 2.05) is 55.4 Å². The molecule has 3 nitrogen and oxygen atoms in total. The fourth-order valence-electron chi connectivity index (χ4n) is 2.50.